The van der Waals surface area contributed by atoms with Crippen LogP contribution in [0.15, 0.2) is 54.6 Å². The summed E-state index contributed by atoms with van der Waals surface area (Å²) in [5.41, 5.74) is 9.46. The lowest BCUT2D eigenvalue weighted by Crippen LogP contribution is -2.35. The number of likely N-dealkylation sites (tertiary alicyclic amines) is 1. The standard InChI is InChI=1S/C20H26N2/c21-20-8-6-17(7-9-20)10-13-22-14-11-19(12-15-22)16-18-4-2-1-3-5-18/h1-9,19H,10-16,21H2. The van der Waals surface area contributed by atoms with Crippen LogP contribution in [0.1, 0.15) is 24.0 Å². The predicted molar refractivity (Wildman–Crippen MR) is 93.9 cm³/mol. The van der Waals surface area contributed by atoms with E-state index in [-0.39, 0.29) is 0 Å². The van der Waals surface area contributed by atoms with E-state index in [2.05, 4.69) is 47.4 Å². The molecule has 2 N–H and O–H groups in total. The summed E-state index contributed by atoms with van der Waals surface area (Å²) in [5, 5.41) is 0. The van der Waals surface area contributed by atoms with Gasteiger partial charge in [0.1, 0.15) is 0 Å². The van der Waals surface area contributed by atoms with Gasteiger partial charge in [-0.05, 0) is 68.0 Å². The predicted octanol–water partition coefficient (Wildman–Crippen LogP) is 3.77. The summed E-state index contributed by atoms with van der Waals surface area (Å²) in [6.45, 7) is 3.65. The van der Waals surface area contributed by atoms with Gasteiger partial charge < -0.3 is 10.6 Å². The van der Waals surface area contributed by atoms with Crippen LogP contribution in [-0.4, -0.2) is 24.5 Å². The summed E-state index contributed by atoms with van der Waals surface area (Å²) in [4.78, 5) is 2.61. The molecule has 2 nitrogen and oxygen atoms in total. The molecule has 1 heterocycles. The van der Waals surface area contributed by atoms with Gasteiger partial charge in [-0.15, -0.1) is 0 Å². The Bertz CT molecular complexity index is 554. The van der Waals surface area contributed by atoms with E-state index >= 15 is 0 Å². The summed E-state index contributed by atoms with van der Waals surface area (Å²) in [6, 6.07) is 19.2. The SMILES string of the molecule is Nc1ccc(CCN2CCC(Cc3ccccc3)CC2)cc1. The average molecular weight is 294 g/mol. The molecule has 1 aliphatic heterocycles. The molecule has 0 aromatic heterocycles. The lowest BCUT2D eigenvalue weighted by atomic mass is 9.90. The maximum absolute atomic E-state index is 5.73. The molecule has 0 spiro atoms. The Morgan fingerprint density at radius 1 is 0.864 bits per heavy atom. The Morgan fingerprint density at radius 3 is 2.23 bits per heavy atom. The third kappa shape index (κ3) is 4.35. The second-order valence-electron chi connectivity index (χ2n) is 6.47. The molecule has 2 aromatic rings. The van der Waals surface area contributed by atoms with E-state index in [0.29, 0.717) is 0 Å². The van der Waals surface area contributed by atoms with E-state index in [1.807, 2.05) is 12.1 Å². The van der Waals surface area contributed by atoms with Gasteiger partial charge in [-0.25, -0.2) is 0 Å². The normalized spacial score (nSPS) is 16.7. The van der Waals surface area contributed by atoms with Gasteiger partial charge in [-0.3, -0.25) is 0 Å². The van der Waals surface area contributed by atoms with Gasteiger partial charge in [-0.2, -0.15) is 0 Å². The molecule has 0 saturated carbocycles. The highest BCUT2D eigenvalue weighted by molar-refractivity contribution is 5.39. The molecule has 0 atom stereocenters. The number of hydrogen-bond acceptors (Lipinski definition) is 2. The van der Waals surface area contributed by atoms with Crippen molar-refractivity contribution >= 4 is 5.69 Å². The summed E-state index contributed by atoms with van der Waals surface area (Å²) in [5.74, 6) is 0.857. The molecular weight excluding hydrogens is 268 g/mol. The number of piperidine rings is 1. The zero-order valence-corrected chi connectivity index (χ0v) is 13.2. The van der Waals surface area contributed by atoms with Gasteiger partial charge in [0, 0.05) is 12.2 Å². The first-order valence-corrected chi connectivity index (χ1v) is 8.40. The van der Waals surface area contributed by atoms with Crippen molar-refractivity contribution in [2.75, 3.05) is 25.4 Å². The van der Waals surface area contributed by atoms with E-state index in [9.17, 15) is 0 Å². The largest absolute Gasteiger partial charge is 0.399 e. The van der Waals surface area contributed by atoms with Crippen molar-refractivity contribution in [2.24, 2.45) is 5.92 Å². The van der Waals surface area contributed by atoms with Crippen molar-refractivity contribution in [3.8, 4) is 0 Å². The molecule has 3 rings (SSSR count). The highest BCUT2D eigenvalue weighted by atomic mass is 15.1. The molecule has 2 aromatic carbocycles. The Labute approximate surface area is 134 Å². The van der Waals surface area contributed by atoms with Gasteiger partial charge in [0.15, 0.2) is 0 Å². The fourth-order valence-electron chi connectivity index (χ4n) is 3.33. The highest BCUT2D eigenvalue weighted by Crippen LogP contribution is 2.21. The van der Waals surface area contributed by atoms with Crippen LogP contribution in [0.5, 0.6) is 0 Å². The Morgan fingerprint density at radius 2 is 1.55 bits per heavy atom. The van der Waals surface area contributed by atoms with Gasteiger partial charge in [0.05, 0.1) is 0 Å². The van der Waals surface area contributed by atoms with Gasteiger partial charge in [0.25, 0.3) is 0 Å². The number of rotatable bonds is 5. The van der Waals surface area contributed by atoms with Crippen molar-refractivity contribution < 1.29 is 0 Å². The van der Waals surface area contributed by atoms with Crippen LogP contribution in [-0.2, 0) is 12.8 Å². The van der Waals surface area contributed by atoms with Crippen LogP contribution in [0.25, 0.3) is 0 Å². The third-order valence-electron chi connectivity index (χ3n) is 4.77. The van der Waals surface area contributed by atoms with Crippen LogP contribution >= 0.6 is 0 Å². The number of nitrogens with zero attached hydrogens (tertiary/aromatic N) is 1. The number of benzene rings is 2. The summed E-state index contributed by atoms with van der Waals surface area (Å²) >= 11 is 0. The van der Waals surface area contributed by atoms with Gasteiger partial charge in [-0.1, -0.05) is 42.5 Å². The Kier molecular flexibility index (Phi) is 5.12. The zero-order chi connectivity index (χ0) is 15.2. The fourth-order valence-corrected chi connectivity index (χ4v) is 3.33. The lowest BCUT2D eigenvalue weighted by Gasteiger charge is -2.32. The van der Waals surface area contributed by atoms with E-state index < -0.39 is 0 Å². The molecule has 0 radical (unpaired) electrons. The molecule has 1 aliphatic rings. The zero-order valence-electron chi connectivity index (χ0n) is 13.2. The topological polar surface area (TPSA) is 29.3 Å². The monoisotopic (exact) mass is 294 g/mol. The van der Waals surface area contributed by atoms with Crippen molar-refractivity contribution in [1.29, 1.82) is 0 Å². The van der Waals surface area contributed by atoms with Crippen LogP contribution in [0.3, 0.4) is 0 Å². The lowest BCUT2D eigenvalue weighted by molar-refractivity contribution is 0.186. The summed E-state index contributed by atoms with van der Waals surface area (Å²) < 4.78 is 0. The average Bonchev–Trinajstić information content (AvgIpc) is 2.57. The fraction of sp³-hybridized carbons (Fsp3) is 0.400. The van der Waals surface area contributed by atoms with E-state index in [4.69, 9.17) is 5.73 Å². The molecule has 22 heavy (non-hydrogen) atoms. The molecule has 0 amide bonds. The molecule has 0 bridgehead atoms. The minimum atomic E-state index is 0.852. The van der Waals surface area contributed by atoms with E-state index in [0.717, 1.165) is 18.0 Å². The molecule has 0 unspecified atom stereocenters. The van der Waals surface area contributed by atoms with Crippen LogP contribution in [0.2, 0.25) is 0 Å². The molecule has 116 valence electrons. The smallest absolute Gasteiger partial charge is 0.0314 e. The number of anilines is 1. The first-order valence-electron chi connectivity index (χ1n) is 8.40. The maximum Gasteiger partial charge on any atom is 0.0314 e. The molecule has 0 aliphatic carbocycles. The third-order valence-corrected chi connectivity index (χ3v) is 4.77. The van der Waals surface area contributed by atoms with Crippen molar-refractivity contribution in [2.45, 2.75) is 25.7 Å². The van der Waals surface area contributed by atoms with Gasteiger partial charge in [0.2, 0.25) is 0 Å². The summed E-state index contributed by atoms with van der Waals surface area (Å²) in [7, 11) is 0. The summed E-state index contributed by atoms with van der Waals surface area (Å²) in [6.07, 6.45) is 5.03. The van der Waals surface area contributed by atoms with Crippen LogP contribution < -0.4 is 5.73 Å². The first kappa shape index (κ1) is 15.1. The Hall–Kier alpha value is -1.80. The number of nitrogen functional groups attached to an aromatic ring is 1. The second kappa shape index (κ2) is 7.46. The minimum Gasteiger partial charge on any atom is -0.399 e. The highest BCUT2D eigenvalue weighted by Gasteiger charge is 2.19. The molecule has 1 saturated heterocycles. The van der Waals surface area contributed by atoms with Crippen LogP contribution in [0.4, 0.5) is 5.69 Å². The van der Waals surface area contributed by atoms with Gasteiger partial charge >= 0.3 is 0 Å². The Balaban J connectivity index is 1.41. The first-order chi connectivity index (χ1) is 10.8. The quantitative estimate of drug-likeness (QED) is 0.851. The number of nitrogens with two attached hydrogens (primary N) is 1. The van der Waals surface area contributed by atoms with Crippen LogP contribution in [0, 0.1) is 5.92 Å². The molecular formula is C20H26N2. The van der Waals surface area contributed by atoms with E-state index in [1.165, 1.54) is 50.0 Å². The van der Waals surface area contributed by atoms with Crippen molar-refractivity contribution in [1.82, 2.24) is 4.90 Å². The van der Waals surface area contributed by atoms with Crippen molar-refractivity contribution in [3.05, 3.63) is 65.7 Å². The number of hydrogen-bond donors (Lipinski definition) is 1. The molecule has 1 fully saturated rings. The maximum atomic E-state index is 5.73. The minimum absolute atomic E-state index is 0.852. The molecule has 2 heteroatoms. The van der Waals surface area contributed by atoms with Crippen molar-refractivity contribution in [3.63, 3.8) is 0 Å². The second-order valence-corrected chi connectivity index (χ2v) is 6.47. The van der Waals surface area contributed by atoms with E-state index in [1.54, 1.807) is 0 Å².